The van der Waals surface area contributed by atoms with Gasteiger partial charge < -0.3 is 158 Å². The van der Waals surface area contributed by atoms with E-state index in [9.17, 15) is 107 Å². The number of nitrogens with zero attached hydrogens (tertiary/aromatic N) is 2. The zero-order chi connectivity index (χ0) is 105. The number of H-pyrrole nitrogens is 1. The molecule has 766 valence electrons. The molecule has 0 saturated carbocycles. The summed E-state index contributed by atoms with van der Waals surface area (Å²) in [6.07, 6.45) is -3.96. The number of aromatic amines is 1. The van der Waals surface area contributed by atoms with Crippen molar-refractivity contribution in [1.29, 1.82) is 16.2 Å². The summed E-state index contributed by atoms with van der Waals surface area (Å²) >= 11 is 0. The highest BCUT2D eigenvalue weighted by atomic mass is 16.6. The Kier molecular flexibility index (Phi) is 41.3. The molecule has 5 aromatic rings. The smallest absolute Gasteiger partial charge is 0.340 e. The van der Waals surface area contributed by atoms with Crippen LogP contribution in [0.3, 0.4) is 0 Å². The summed E-state index contributed by atoms with van der Waals surface area (Å²) in [5.41, 5.74) is 24.3. The highest BCUT2D eigenvalue weighted by molar-refractivity contribution is 6.05. The van der Waals surface area contributed by atoms with Gasteiger partial charge in [-0.25, -0.2) is 4.79 Å². The predicted octanol–water partition coefficient (Wildman–Crippen LogP) is -5.89. The molecule has 141 heavy (non-hydrogen) atoms. The van der Waals surface area contributed by atoms with Crippen molar-refractivity contribution < 1.29 is 116 Å². The molecule has 33 N–H and O–H groups in total. The first-order valence-electron chi connectivity index (χ1n) is 45.1. The highest BCUT2D eigenvalue weighted by Gasteiger charge is 2.54. The number of rotatable bonds is 54. The van der Waals surface area contributed by atoms with E-state index < -0.39 is 259 Å². The van der Waals surface area contributed by atoms with Gasteiger partial charge in [-0.1, -0.05) is 45.9 Å². The van der Waals surface area contributed by atoms with Crippen molar-refractivity contribution in [1.82, 2.24) is 95.4 Å². The maximum absolute atomic E-state index is 14.5. The van der Waals surface area contributed by atoms with Gasteiger partial charge in [-0.15, -0.1) is 0 Å². The zero-order valence-electron chi connectivity index (χ0n) is 79.7. The number of carbonyl (C=O) groups excluding carboxylic acids is 16. The first-order chi connectivity index (χ1) is 66.4. The number of carboxylic acids is 2. The molecule has 51 heteroatoms. The molecule has 3 heterocycles. The Morgan fingerprint density at radius 3 is 1.38 bits per heavy atom. The molecule has 51 nitrogen and oxygen atoms in total. The average molecular weight is 1970 g/mol. The lowest BCUT2D eigenvalue weighted by atomic mass is 9.77. The number of primary amides is 1. The van der Waals surface area contributed by atoms with Gasteiger partial charge in [0, 0.05) is 117 Å². The van der Waals surface area contributed by atoms with Crippen LogP contribution in [-0.4, -0.2) is 296 Å². The quantitative estimate of drug-likeness (QED) is 0.00746. The van der Waals surface area contributed by atoms with E-state index in [2.05, 4.69) is 95.4 Å². The number of guanidine groups is 3. The van der Waals surface area contributed by atoms with Gasteiger partial charge in [0.05, 0.1) is 44.2 Å². The molecule has 0 radical (unpaired) electrons. The number of benzene rings is 4. The summed E-state index contributed by atoms with van der Waals surface area (Å²) in [6.45, 7) is 6.80. The summed E-state index contributed by atoms with van der Waals surface area (Å²) in [5, 5.41) is 106. The second-order valence-corrected chi connectivity index (χ2v) is 34.9. The van der Waals surface area contributed by atoms with Crippen LogP contribution in [0.25, 0.3) is 10.9 Å². The van der Waals surface area contributed by atoms with Crippen molar-refractivity contribution in [2.24, 2.45) is 34.8 Å². The lowest BCUT2D eigenvalue weighted by Gasteiger charge is -2.37. The zero-order valence-corrected chi connectivity index (χ0v) is 79.7. The number of aliphatic hydroxyl groups excluding tert-OH is 2. The molecule has 2 aliphatic rings. The lowest BCUT2D eigenvalue weighted by Crippen LogP contribution is -2.61. The number of aromatic nitrogens is 1. The molecule has 0 bridgehead atoms. The number of para-hydroxylation sites is 1. The van der Waals surface area contributed by atoms with E-state index in [1.165, 1.54) is 45.9 Å². The molecule has 15 amide bonds. The van der Waals surface area contributed by atoms with Crippen molar-refractivity contribution in [3.8, 4) is 11.5 Å². The van der Waals surface area contributed by atoms with Crippen molar-refractivity contribution in [2.75, 3.05) is 77.3 Å². The second-order valence-electron chi connectivity index (χ2n) is 34.9. The first kappa shape index (κ1) is 112. The Labute approximate surface area is 809 Å². The van der Waals surface area contributed by atoms with E-state index in [-0.39, 0.29) is 75.7 Å². The number of hydrogen-bond donors (Lipinski definition) is 29. The molecular weight excluding hydrogens is 1840 g/mol. The minimum Gasteiger partial charge on any atom is -0.481 e. The van der Waals surface area contributed by atoms with Gasteiger partial charge in [0.1, 0.15) is 84.0 Å². The van der Waals surface area contributed by atoms with Gasteiger partial charge in [0.2, 0.25) is 82.7 Å². The van der Waals surface area contributed by atoms with Gasteiger partial charge >= 0.3 is 17.9 Å². The molecule has 1 spiro atoms. The lowest BCUT2D eigenvalue weighted by molar-refractivity contribution is -0.141. The molecule has 4 aromatic carbocycles. The number of nitrogens with two attached hydrogens (primary N) is 4. The number of anilines is 2. The monoisotopic (exact) mass is 1970 g/mol. The Morgan fingerprint density at radius 2 is 0.887 bits per heavy atom. The summed E-state index contributed by atoms with van der Waals surface area (Å²) in [5.74, 6) is -22.4. The fraction of sp³-hybridized carbons (Fsp3) is 0.478. The molecule has 0 aliphatic carbocycles. The number of carbonyl (C=O) groups is 18. The van der Waals surface area contributed by atoms with Crippen LogP contribution in [0.1, 0.15) is 149 Å². The summed E-state index contributed by atoms with van der Waals surface area (Å²) in [4.78, 5) is 255. The average Bonchev–Trinajstić information content (AvgIpc) is 1.56. The maximum atomic E-state index is 14.5. The van der Waals surface area contributed by atoms with Crippen molar-refractivity contribution in [3.05, 3.63) is 118 Å². The van der Waals surface area contributed by atoms with E-state index in [0.29, 0.717) is 44.7 Å². The molecule has 7 rings (SSSR count). The van der Waals surface area contributed by atoms with Crippen molar-refractivity contribution >= 4 is 147 Å². The normalized spacial score (nSPS) is 14.7. The third-order valence-corrected chi connectivity index (χ3v) is 22.5. The number of aliphatic hydroxyl groups is 2. The number of hydrogen-bond acceptors (Lipinski definition) is 27. The Bertz CT molecular complexity index is 5430. The molecular formula is C90H127N27O24. The van der Waals surface area contributed by atoms with Crippen LogP contribution in [0.4, 0.5) is 11.4 Å². The number of esters is 1. The van der Waals surface area contributed by atoms with E-state index in [0.717, 1.165) is 18.3 Å². The van der Waals surface area contributed by atoms with Gasteiger partial charge in [-0.3, -0.25) is 97.7 Å². The fourth-order valence-corrected chi connectivity index (χ4v) is 15.1. The summed E-state index contributed by atoms with van der Waals surface area (Å²) < 4.78 is 12.8. The van der Waals surface area contributed by atoms with E-state index in [1.54, 1.807) is 68.6 Å². The van der Waals surface area contributed by atoms with Crippen LogP contribution in [0.2, 0.25) is 0 Å². The Balaban J connectivity index is 0.982. The van der Waals surface area contributed by atoms with E-state index >= 15 is 0 Å². The topological polar surface area (TPSA) is 809 Å². The molecule has 0 unspecified atom stereocenters. The Morgan fingerprint density at radius 1 is 0.454 bits per heavy atom. The first-order valence-corrected chi connectivity index (χ1v) is 45.1. The third kappa shape index (κ3) is 32.3. The molecule has 0 saturated heterocycles. The second kappa shape index (κ2) is 52.0. The Hall–Kier alpha value is -16.0. The summed E-state index contributed by atoms with van der Waals surface area (Å²) in [6, 6.07) is 1.66. The highest BCUT2D eigenvalue weighted by Crippen LogP contribution is 2.57. The van der Waals surface area contributed by atoms with Crippen LogP contribution >= 0.6 is 0 Å². The van der Waals surface area contributed by atoms with Crippen LogP contribution in [-0.2, 0) is 93.5 Å². The number of fused-ring (bicyclic) bond motifs is 7. The van der Waals surface area contributed by atoms with Crippen LogP contribution in [0.15, 0.2) is 85.1 Å². The molecule has 0 fully saturated rings. The van der Waals surface area contributed by atoms with E-state index in [4.69, 9.17) is 48.6 Å². The number of carboxylic acid groups (broad SMARTS) is 2. The molecule has 1 aromatic heterocycles. The fourth-order valence-electron chi connectivity index (χ4n) is 15.1. The van der Waals surface area contributed by atoms with Crippen LogP contribution in [0.5, 0.6) is 11.5 Å². The number of ether oxygens (including phenoxy) is 2. The summed E-state index contributed by atoms with van der Waals surface area (Å²) in [7, 11) is 7.39. The third-order valence-electron chi connectivity index (χ3n) is 22.5. The number of amides is 15. The van der Waals surface area contributed by atoms with Crippen LogP contribution < -0.4 is 128 Å². The van der Waals surface area contributed by atoms with Gasteiger partial charge in [0.25, 0.3) is 5.91 Å². The maximum Gasteiger partial charge on any atom is 0.340 e. The largest absolute Gasteiger partial charge is 0.481 e. The van der Waals surface area contributed by atoms with Crippen molar-refractivity contribution in [2.45, 2.75) is 197 Å². The van der Waals surface area contributed by atoms with Crippen LogP contribution in [0, 0.1) is 28.1 Å². The molecule has 13 atom stereocenters. The minimum absolute atomic E-state index is 0.00463. The molecule has 2 aliphatic heterocycles. The van der Waals surface area contributed by atoms with Crippen molar-refractivity contribution in [3.63, 3.8) is 0 Å². The standard InChI is InChI=1S/C90H127N27O24/c1-42(2)31-60(112-84(137)71(43(3)4)114-79(132)58(20-15-29-99-88(94)95)107-73(126)45(6)105-83(136)64(41-118)113-74(127)44(5)104-75(128)47-22-25-52-55(32-47)90(141-86(52)139)53-26-23-49(116(8)9)34-65(53)140-66-35-50(117(10)11)24-27-54(66)90)81(134)111-62(36-69(122)123)77(130)103-40-68(121)106-63(37-70(124)125)82(135)108-59(21-16-30-100-89(96)97)80(133)115-72(46(7)119)85(138)109-57(19-14-28-98-87(92)93)78(131)110-61(76(129)102-39-67(91)120)33-48-38-101-56-18-13-12-17-51(48)56/h12-13,17-18,22-27,32,34-35,38,42-46,57-64,71-72,101,118-119H,14-16,19-21,28-31,33,36-37,39-41H2,1-11H3,(H2,91,120)(H,102,129)(H,103,130)(H,104,128)(H,105,136)(H,106,121)(H,107,126)(H,108,135)(H,109,138)(H,110,131)(H,111,134)(H,112,137)(H,113,127)(H,114,132)(H,115,133)(H,122,123)(H,124,125)(H4,92,93,98)(H4,94,95,99)(H4,96,97,100)/t44-,45-,46-,57-,58-,59-,60-,61-,62-,63-,64-,71-,72-/m1/s1. The predicted molar refractivity (Wildman–Crippen MR) is 509 cm³/mol. The number of aliphatic carboxylic acids is 2. The van der Waals surface area contributed by atoms with Gasteiger partial charge in [0.15, 0.2) is 23.5 Å². The van der Waals surface area contributed by atoms with Gasteiger partial charge in [-0.05, 0) is 132 Å². The van der Waals surface area contributed by atoms with E-state index in [1.807, 2.05) is 50.1 Å². The minimum atomic E-state index is -2.11. The number of nitrogens with one attached hydrogen (secondary N) is 21. The SMILES string of the molecule is CC(C)C[C@@H](NC(=O)[C@H](NC(=O)[C@@H](CCCNC(=N)N)NC(=O)[C@@H](C)NC(=O)[C@@H](CO)NC(=O)[C@@H](C)NC(=O)c1ccc2c(c1)C1(OC2=O)c2ccc(N(C)C)cc2Oc2cc(N(C)C)ccc21)C(C)C)C(=O)N[C@H](CC(=O)O)C(=O)NCC(=O)N[C@H](CC(=O)O)C(=O)N[C@H](CCCNC(=N)N)C(=O)N[C@@H](C(=O)N[C@H](CCCNC(=N)N)C(=O)N[C@H](Cc1c[nH]c2ccccc12)C(=O)NCC(N)=O)[C@@H](C)O. The van der Waals surface area contributed by atoms with Gasteiger partial charge in [-0.2, -0.15) is 0 Å².